The molecule has 2 aromatic heterocycles. The van der Waals surface area contributed by atoms with Crippen molar-refractivity contribution in [1.82, 2.24) is 15.3 Å². The van der Waals surface area contributed by atoms with Gasteiger partial charge in [-0.2, -0.15) is 0 Å². The van der Waals surface area contributed by atoms with Crippen molar-refractivity contribution in [3.63, 3.8) is 0 Å². The molecule has 9 heteroatoms. The lowest BCUT2D eigenvalue weighted by molar-refractivity contribution is 0.470. The van der Waals surface area contributed by atoms with Crippen molar-refractivity contribution < 1.29 is 12.8 Å². The van der Waals surface area contributed by atoms with Crippen LogP contribution in [0, 0.1) is 0 Å². The first-order chi connectivity index (χ1) is 9.03. The number of rotatable bonds is 5. The summed E-state index contributed by atoms with van der Waals surface area (Å²) >= 11 is 3.09. The third kappa shape index (κ3) is 3.31. The third-order valence-corrected chi connectivity index (χ3v) is 4.40. The topological polar surface area (TPSA) is 97.1 Å². The molecule has 0 spiro atoms. The second-order valence-electron chi connectivity index (χ2n) is 3.61. The van der Waals surface area contributed by atoms with Crippen LogP contribution in [0.2, 0.25) is 0 Å². The van der Waals surface area contributed by atoms with E-state index in [0.717, 1.165) is 0 Å². The lowest BCUT2D eigenvalue weighted by Crippen LogP contribution is -2.13. The Hall–Kier alpha value is -1.45. The fraction of sp³-hybridized carbons (Fsp3) is 0.200. The third-order valence-electron chi connectivity index (χ3n) is 2.16. The van der Waals surface area contributed by atoms with Gasteiger partial charge in [0.2, 0.25) is 0 Å². The van der Waals surface area contributed by atoms with Gasteiger partial charge < -0.3 is 9.73 Å². The number of aromatic nitrogens is 2. The van der Waals surface area contributed by atoms with Crippen molar-refractivity contribution in [2.75, 3.05) is 11.8 Å². The molecular weight excluding hydrogens is 336 g/mol. The fourth-order valence-electron chi connectivity index (χ4n) is 1.40. The number of anilines is 1. The predicted octanol–water partition coefficient (Wildman–Crippen LogP) is 1.35. The van der Waals surface area contributed by atoms with E-state index < -0.39 is 10.0 Å². The number of nitrogens with one attached hydrogen (secondary N) is 2. The summed E-state index contributed by atoms with van der Waals surface area (Å²) < 4.78 is 32.1. The van der Waals surface area contributed by atoms with Crippen LogP contribution in [-0.2, 0) is 16.6 Å². The van der Waals surface area contributed by atoms with Crippen molar-refractivity contribution in [2.24, 2.45) is 0 Å². The van der Waals surface area contributed by atoms with Crippen LogP contribution in [0.15, 0.2) is 38.8 Å². The Labute approximate surface area is 118 Å². The minimum absolute atomic E-state index is 0.0293. The van der Waals surface area contributed by atoms with Gasteiger partial charge in [0.15, 0.2) is 4.67 Å². The van der Waals surface area contributed by atoms with Gasteiger partial charge in [0.05, 0.1) is 24.6 Å². The SMILES string of the molecule is CNCc1cc(S(=O)(=O)Nc2cncnc2)c(Br)o1. The van der Waals surface area contributed by atoms with Crippen molar-refractivity contribution in [3.05, 3.63) is 35.2 Å². The molecule has 0 aliphatic carbocycles. The van der Waals surface area contributed by atoms with Gasteiger partial charge in [-0.15, -0.1) is 0 Å². The Morgan fingerprint density at radius 1 is 1.37 bits per heavy atom. The van der Waals surface area contributed by atoms with E-state index in [1.807, 2.05) is 0 Å². The van der Waals surface area contributed by atoms with Crippen LogP contribution in [0.4, 0.5) is 5.69 Å². The van der Waals surface area contributed by atoms with Gasteiger partial charge in [0.25, 0.3) is 10.0 Å². The Morgan fingerprint density at radius 3 is 2.68 bits per heavy atom. The summed E-state index contributed by atoms with van der Waals surface area (Å²) in [6.45, 7) is 0.433. The summed E-state index contributed by atoms with van der Waals surface area (Å²) in [5.41, 5.74) is 0.283. The van der Waals surface area contributed by atoms with Crippen molar-refractivity contribution in [1.29, 1.82) is 0 Å². The van der Waals surface area contributed by atoms with Crippen LogP contribution in [-0.4, -0.2) is 25.4 Å². The molecule has 7 nitrogen and oxygen atoms in total. The zero-order valence-electron chi connectivity index (χ0n) is 9.92. The first-order valence-corrected chi connectivity index (χ1v) is 7.51. The number of nitrogens with zero attached hydrogens (tertiary/aromatic N) is 2. The van der Waals surface area contributed by atoms with Gasteiger partial charge in [-0.05, 0) is 23.0 Å². The summed E-state index contributed by atoms with van der Waals surface area (Å²) in [7, 11) is -2.00. The number of furan rings is 1. The molecule has 0 saturated heterocycles. The van der Waals surface area contributed by atoms with Crippen molar-refractivity contribution in [2.45, 2.75) is 11.4 Å². The molecule has 2 N–H and O–H groups in total. The predicted molar refractivity (Wildman–Crippen MR) is 72.0 cm³/mol. The molecule has 2 heterocycles. The van der Waals surface area contributed by atoms with E-state index in [1.165, 1.54) is 24.8 Å². The largest absolute Gasteiger partial charge is 0.451 e. The molecule has 0 amide bonds. The van der Waals surface area contributed by atoms with Crippen molar-refractivity contribution >= 4 is 31.6 Å². The molecule has 0 saturated carbocycles. The van der Waals surface area contributed by atoms with Gasteiger partial charge >= 0.3 is 0 Å². The van der Waals surface area contributed by atoms with Crippen LogP contribution < -0.4 is 10.0 Å². The molecule has 2 rings (SSSR count). The first kappa shape index (κ1) is 14.0. The quantitative estimate of drug-likeness (QED) is 0.848. The van der Waals surface area contributed by atoms with Crippen molar-refractivity contribution in [3.8, 4) is 0 Å². The normalized spacial score (nSPS) is 11.5. The Kier molecular flexibility index (Phi) is 4.17. The maximum atomic E-state index is 12.2. The first-order valence-electron chi connectivity index (χ1n) is 5.23. The standard InChI is InChI=1S/C10H11BrN4O3S/c1-12-5-8-2-9(10(11)18-8)19(16,17)15-7-3-13-6-14-4-7/h2-4,6,12,15H,5H2,1H3. The zero-order chi connectivity index (χ0) is 13.9. The maximum absolute atomic E-state index is 12.2. The molecular formula is C10H11BrN4O3S. The summed E-state index contributed by atoms with van der Waals surface area (Å²) in [5, 5.41) is 2.88. The highest BCUT2D eigenvalue weighted by molar-refractivity contribution is 9.10. The molecule has 19 heavy (non-hydrogen) atoms. The lowest BCUT2D eigenvalue weighted by Gasteiger charge is -2.04. The Bertz CT molecular complexity index is 657. The lowest BCUT2D eigenvalue weighted by atomic mass is 10.4. The van der Waals surface area contributed by atoms with Crippen LogP contribution in [0.25, 0.3) is 0 Å². The smallest absolute Gasteiger partial charge is 0.266 e. The van der Waals surface area contributed by atoms with Gasteiger partial charge in [-0.1, -0.05) is 0 Å². The number of sulfonamides is 1. The molecule has 0 aliphatic heterocycles. The number of halogens is 1. The minimum atomic E-state index is -3.74. The highest BCUT2D eigenvalue weighted by Gasteiger charge is 2.22. The van der Waals surface area contributed by atoms with Crippen LogP contribution >= 0.6 is 15.9 Å². The Balaban J connectivity index is 2.29. The van der Waals surface area contributed by atoms with E-state index >= 15 is 0 Å². The van der Waals surface area contributed by atoms with Crippen LogP contribution in [0.3, 0.4) is 0 Å². The monoisotopic (exact) mass is 346 g/mol. The molecule has 2 aromatic rings. The Morgan fingerprint density at radius 2 is 2.05 bits per heavy atom. The number of hydrogen-bond donors (Lipinski definition) is 2. The average Bonchev–Trinajstić information content (AvgIpc) is 2.72. The minimum Gasteiger partial charge on any atom is -0.451 e. The summed E-state index contributed by atoms with van der Waals surface area (Å²) in [6, 6.07) is 1.45. The van der Waals surface area contributed by atoms with Gasteiger partial charge in [-0.25, -0.2) is 18.4 Å². The molecule has 0 atom stereocenters. The molecule has 0 fully saturated rings. The molecule has 0 aliphatic rings. The average molecular weight is 347 g/mol. The molecule has 0 radical (unpaired) electrons. The summed E-state index contributed by atoms with van der Waals surface area (Å²) in [4.78, 5) is 7.50. The summed E-state index contributed by atoms with van der Waals surface area (Å²) in [6.07, 6.45) is 4.05. The highest BCUT2D eigenvalue weighted by atomic mass is 79.9. The zero-order valence-corrected chi connectivity index (χ0v) is 12.3. The van der Waals surface area contributed by atoms with E-state index in [0.29, 0.717) is 12.3 Å². The van der Waals surface area contributed by atoms with E-state index in [1.54, 1.807) is 7.05 Å². The fourth-order valence-corrected chi connectivity index (χ4v) is 3.43. The molecule has 0 bridgehead atoms. The van der Waals surface area contributed by atoms with E-state index in [4.69, 9.17) is 4.42 Å². The highest BCUT2D eigenvalue weighted by Crippen LogP contribution is 2.27. The summed E-state index contributed by atoms with van der Waals surface area (Å²) in [5.74, 6) is 0.513. The maximum Gasteiger partial charge on any atom is 0.266 e. The van der Waals surface area contributed by atoms with Crippen LogP contribution in [0.1, 0.15) is 5.76 Å². The van der Waals surface area contributed by atoms with Gasteiger partial charge in [0.1, 0.15) is 17.0 Å². The van der Waals surface area contributed by atoms with Gasteiger partial charge in [0, 0.05) is 6.07 Å². The second-order valence-corrected chi connectivity index (χ2v) is 5.98. The molecule has 0 aromatic carbocycles. The van der Waals surface area contributed by atoms with E-state index in [9.17, 15) is 8.42 Å². The second kappa shape index (κ2) is 5.68. The molecule has 102 valence electrons. The van der Waals surface area contributed by atoms with Gasteiger partial charge in [-0.3, -0.25) is 4.72 Å². The van der Waals surface area contributed by atoms with Crippen LogP contribution in [0.5, 0.6) is 0 Å². The molecule has 0 unspecified atom stereocenters. The van der Waals surface area contributed by atoms with E-state index in [-0.39, 0.29) is 15.3 Å². The van der Waals surface area contributed by atoms with E-state index in [2.05, 4.69) is 35.9 Å². The number of hydrogen-bond acceptors (Lipinski definition) is 6.